The predicted octanol–water partition coefficient (Wildman–Crippen LogP) is 3.23. The quantitative estimate of drug-likeness (QED) is 0.634. The number of hydrogen-bond donors (Lipinski definition) is 1. The fourth-order valence-corrected chi connectivity index (χ4v) is 1.14. The lowest BCUT2D eigenvalue weighted by atomic mass is 10.1. The molecule has 0 aliphatic carbocycles. The van der Waals surface area contributed by atoms with Gasteiger partial charge in [0, 0.05) is 4.91 Å². The van der Waals surface area contributed by atoms with E-state index in [-0.39, 0.29) is 0 Å². The fourth-order valence-electron chi connectivity index (χ4n) is 0.938. The summed E-state index contributed by atoms with van der Waals surface area (Å²) in [6.07, 6.45) is 1.80. The molecule has 0 aliphatic heterocycles. The van der Waals surface area contributed by atoms with Gasteiger partial charge in [-0.25, -0.2) is 0 Å². The largest absolute Gasteiger partial charge is 0.143 e. The highest BCUT2D eigenvalue weighted by Gasteiger charge is 1.96. The van der Waals surface area contributed by atoms with Crippen molar-refractivity contribution in [2.24, 2.45) is 0 Å². The molecule has 1 heteroatoms. The van der Waals surface area contributed by atoms with Crippen LogP contribution in [0, 0.1) is 0 Å². The lowest BCUT2D eigenvalue weighted by molar-refractivity contribution is 1.61. The summed E-state index contributed by atoms with van der Waals surface area (Å²) in [5.74, 6) is 0. The fraction of sp³-hybridized carbons (Fsp3) is 0. The molecular formula is C10H10S. The van der Waals surface area contributed by atoms with E-state index in [1.54, 1.807) is 6.08 Å². The van der Waals surface area contributed by atoms with E-state index in [9.17, 15) is 0 Å². The number of hydrogen-bond acceptors (Lipinski definition) is 1. The van der Waals surface area contributed by atoms with Gasteiger partial charge in [-0.1, -0.05) is 43.5 Å². The minimum absolute atomic E-state index is 0.778. The van der Waals surface area contributed by atoms with Gasteiger partial charge in [-0.05, 0) is 11.1 Å². The Morgan fingerprint density at radius 2 is 2.00 bits per heavy atom. The van der Waals surface area contributed by atoms with Gasteiger partial charge in [-0.2, -0.15) is 0 Å². The van der Waals surface area contributed by atoms with Crippen LogP contribution in [-0.4, -0.2) is 0 Å². The Bertz CT molecular complexity index is 287. The lowest BCUT2D eigenvalue weighted by Crippen LogP contribution is -1.80. The third-order valence-corrected chi connectivity index (χ3v) is 1.73. The van der Waals surface area contributed by atoms with Crippen LogP contribution in [0.5, 0.6) is 0 Å². The van der Waals surface area contributed by atoms with E-state index in [0.717, 1.165) is 16.0 Å². The van der Waals surface area contributed by atoms with Gasteiger partial charge in [0.05, 0.1) is 0 Å². The van der Waals surface area contributed by atoms with Crippen molar-refractivity contribution in [3.8, 4) is 0 Å². The summed E-state index contributed by atoms with van der Waals surface area (Å²) in [4.78, 5) is 0.778. The van der Waals surface area contributed by atoms with Crippen molar-refractivity contribution >= 4 is 23.6 Å². The van der Waals surface area contributed by atoms with Gasteiger partial charge in [-0.3, -0.25) is 0 Å². The van der Waals surface area contributed by atoms with Crippen LogP contribution in [0.4, 0.5) is 0 Å². The molecule has 0 bridgehead atoms. The Morgan fingerprint density at radius 3 is 2.45 bits per heavy atom. The first-order valence-electron chi connectivity index (χ1n) is 3.35. The molecule has 0 atom stereocenters. The number of thiol groups is 1. The van der Waals surface area contributed by atoms with Crippen molar-refractivity contribution in [3.05, 3.63) is 48.6 Å². The molecule has 0 aromatic heterocycles. The van der Waals surface area contributed by atoms with Gasteiger partial charge in [0.25, 0.3) is 0 Å². The highest BCUT2D eigenvalue weighted by molar-refractivity contribution is 7.90. The van der Waals surface area contributed by atoms with Crippen molar-refractivity contribution in [1.29, 1.82) is 0 Å². The third kappa shape index (κ3) is 1.75. The van der Waals surface area contributed by atoms with Crippen molar-refractivity contribution in [3.63, 3.8) is 0 Å². The minimum Gasteiger partial charge on any atom is -0.143 e. The van der Waals surface area contributed by atoms with Gasteiger partial charge in [-0.15, -0.1) is 12.6 Å². The summed E-state index contributed by atoms with van der Waals surface area (Å²) in [5, 5.41) is 0. The average molecular weight is 162 g/mol. The molecule has 11 heavy (non-hydrogen) atoms. The number of rotatable bonds is 2. The molecule has 1 rings (SSSR count). The number of benzene rings is 1. The van der Waals surface area contributed by atoms with Gasteiger partial charge in [0.1, 0.15) is 0 Å². The maximum Gasteiger partial charge on any atom is 0.00465 e. The topological polar surface area (TPSA) is 0 Å². The molecule has 0 spiro atoms. The van der Waals surface area contributed by atoms with E-state index >= 15 is 0 Å². The van der Waals surface area contributed by atoms with Crippen molar-refractivity contribution in [2.75, 3.05) is 0 Å². The summed E-state index contributed by atoms with van der Waals surface area (Å²) in [7, 11) is 0. The van der Waals surface area contributed by atoms with Crippen molar-refractivity contribution in [2.45, 2.75) is 0 Å². The van der Waals surface area contributed by atoms with Crippen LogP contribution in [0.2, 0.25) is 0 Å². The molecule has 0 heterocycles. The molecular weight excluding hydrogens is 152 g/mol. The Hall–Kier alpha value is -0.950. The maximum atomic E-state index is 4.17. The Balaban J connectivity index is 3.22. The molecule has 0 amide bonds. The van der Waals surface area contributed by atoms with E-state index in [1.807, 2.05) is 24.3 Å². The van der Waals surface area contributed by atoms with Crippen LogP contribution in [0.15, 0.2) is 37.4 Å². The normalized spacial score (nSPS) is 9.18. The standard InChI is InChI=1S/C10H10S/c1-3-9-6-4-5-7-10(9)8(2)11/h3-7,11H,1-2H2. The van der Waals surface area contributed by atoms with E-state index in [0.29, 0.717) is 0 Å². The molecule has 0 radical (unpaired) electrons. The van der Waals surface area contributed by atoms with Crippen molar-refractivity contribution in [1.82, 2.24) is 0 Å². The van der Waals surface area contributed by atoms with E-state index < -0.39 is 0 Å². The Labute approximate surface area is 72.7 Å². The molecule has 1 aromatic carbocycles. The van der Waals surface area contributed by atoms with Gasteiger partial charge in [0.15, 0.2) is 0 Å². The maximum absolute atomic E-state index is 4.17. The van der Waals surface area contributed by atoms with Crippen LogP contribution < -0.4 is 0 Å². The Morgan fingerprint density at radius 1 is 1.36 bits per heavy atom. The minimum atomic E-state index is 0.778. The average Bonchev–Trinajstić information content (AvgIpc) is 2.04. The van der Waals surface area contributed by atoms with Gasteiger partial charge < -0.3 is 0 Å². The summed E-state index contributed by atoms with van der Waals surface area (Å²) >= 11 is 4.17. The molecule has 1 aromatic rings. The summed E-state index contributed by atoms with van der Waals surface area (Å²) < 4.78 is 0. The third-order valence-electron chi connectivity index (χ3n) is 1.49. The SMILES string of the molecule is C=Cc1ccccc1C(=C)S. The summed E-state index contributed by atoms with van der Waals surface area (Å²) in [6.45, 7) is 7.45. The van der Waals surface area contributed by atoms with E-state index in [2.05, 4.69) is 25.8 Å². The smallest absolute Gasteiger partial charge is 0.00465 e. The highest BCUT2D eigenvalue weighted by Crippen LogP contribution is 2.20. The molecule has 0 unspecified atom stereocenters. The monoisotopic (exact) mass is 162 g/mol. The van der Waals surface area contributed by atoms with E-state index in [4.69, 9.17) is 0 Å². The van der Waals surface area contributed by atoms with E-state index in [1.165, 1.54) is 0 Å². The molecule has 0 saturated carbocycles. The van der Waals surface area contributed by atoms with Gasteiger partial charge in [0.2, 0.25) is 0 Å². The zero-order valence-corrected chi connectivity index (χ0v) is 7.14. The zero-order valence-electron chi connectivity index (χ0n) is 6.25. The first-order chi connectivity index (χ1) is 5.25. The first-order valence-corrected chi connectivity index (χ1v) is 3.80. The summed E-state index contributed by atoms with van der Waals surface area (Å²) in [5.41, 5.74) is 2.12. The summed E-state index contributed by atoms with van der Waals surface area (Å²) in [6, 6.07) is 7.90. The molecule has 0 aliphatic rings. The Kier molecular flexibility index (Phi) is 2.55. The zero-order chi connectivity index (χ0) is 8.27. The second-order valence-corrected chi connectivity index (χ2v) is 2.78. The van der Waals surface area contributed by atoms with Gasteiger partial charge >= 0.3 is 0 Å². The lowest BCUT2D eigenvalue weighted by Gasteiger charge is -2.02. The second-order valence-electron chi connectivity index (χ2n) is 2.24. The molecule has 0 fully saturated rings. The van der Waals surface area contributed by atoms with Crippen LogP contribution in [0.25, 0.3) is 11.0 Å². The predicted molar refractivity (Wildman–Crippen MR) is 54.6 cm³/mol. The second kappa shape index (κ2) is 3.44. The van der Waals surface area contributed by atoms with Crippen LogP contribution in [-0.2, 0) is 0 Å². The van der Waals surface area contributed by atoms with Crippen LogP contribution >= 0.6 is 12.6 Å². The molecule has 0 N–H and O–H groups in total. The highest BCUT2D eigenvalue weighted by atomic mass is 32.1. The molecule has 0 saturated heterocycles. The first kappa shape index (κ1) is 8.15. The van der Waals surface area contributed by atoms with Crippen LogP contribution in [0.3, 0.4) is 0 Å². The molecule has 56 valence electrons. The van der Waals surface area contributed by atoms with Crippen molar-refractivity contribution < 1.29 is 0 Å². The molecule has 0 nitrogen and oxygen atoms in total. The van der Waals surface area contributed by atoms with Crippen LogP contribution in [0.1, 0.15) is 11.1 Å².